The SMILES string of the molecule is CCOc1cnnn1[C@@H]1C[C@H]2CC[C@@H]1C2. The highest BCUT2D eigenvalue weighted by Crippen LogP contribution is 2.51. The molecule has 0 spiro atoms. The molecule has 2 aliphatic rings. The van der Waals surface area contributed by atoms with Gasteiger partial charge in [-0.3, -0.25) is 0 Å². The first-order valence-electron chi connectivity index (χ1n) is 5.91. The van der Waals surface area contributed by atoms with Crippen LogP contribution in [-0.4, -0.2) is 21.6 Å². The molecule has 0 aliphatic heterocycles. The molecule has 0 saturated heterocycles. The Balaban J connectivity index is 1.83. The molecule has 2 saturated carbocycles. The third kappa shape index (κ3) is 1.43. The molecule has 1 heterocycles. The minimum absolute atomic E-state index is 0.549. The maximum absolute atomic E-state index is 5.54. The molecule has 4 nitrogen and oxygen atoms in total. The minimum atomic E-state index is 0.549. The van der Waals surface area contributed by atoms with Crippen LogP contribution in [0.1, 0.15) is 38.6 Å². The van der Waals surface area contributed by atoms with E-state index in [0.29, 0.717) is 12.6 Å². The number of ether oxygens (including phenoxy) is 1. The molecule has 2 fully saturated rings. The second-order valence-electron chi connectivity index (χ2n) is 4.69. The molecule has 82 valence electrons. The highest BCUT2D eigenvalue weighted by atomic mass is 16.5. The third-order valence-corrected chi connectivity index (χ3v) is 3.85. The Morgan fingerprint density at radius 1 is 1.47 bits per heavy atom. The summed E-state index contributed by atoms with van der Waals surface area (Å²) < 4.78 is 7.54. The van der Waals surface area contributed by atoms with Crippen molar-refractivity contribution in [3.8, 4) is 5.88 Å². The number of fused-ring (bicyclic) bond motifs is 2. The van der Waals surface area contributed by atoms with Gasteiger partial charge in [0.15, 0.2) is 0 Å². The fourth-order valence-electron chi connectivity index (χ4n) is 3.23. The Morgan fingerprint density at radius 3 is 3.07 bits per heavy atom. The van der Waals surface area contributed by atoms with Crippen molar-refractivity contribution >= 4 is 0 Å². The van der Waals surface area contributed by atoms with Crippen molar-refractivity contribution in [1.82, 2.24) is 15.0 Å². The van der Waals surface area contributed by atoms with Crippen LogP contribution < -0.4 is 4.74 Å². The quantitative estimate of drug-likeness (QED) is 0.761. The van der Waals surface area contributed by atoms with E-state index in [2.05, 4.69) is 10.3 Å². The van der Waals surface area contributed by atoms with Gasteiger partial charge < -0.3 is 4.74 Å². The van der Waals surface area contributed by atoms with Crippen LogP contribution in [0.5, 0.6) is 5.88 Å². The molecule has 0 amide bonds. The predicted octanol–water partition coefficient (Wildman–Crippen LogP) is 2.04. The summed E-state index contributed by atoms with van der Waals surface area (Å²) in [5.74, 6) is 2.59. The molecule has 3 atom stereocenters. The van der Waals surface area contributed by atoms with Gasteiger partial charge in [-0.25, -0.2) is 4.68 Å². The van der Waals surface area contributed by atoms with Crippen molar-refractivity contribution < 1.29 is 4.74 Å². The van der Waals surface area contributed by atoms with E-state index in [4.69, 9.17) is 4.74 Å². The first-order chi connectivity index (χ1) is 7.38. The maximum Gasteiger partial charge on any atom is 0.232 e. The van der Waals surface area contributed by atoms with Gasteiger partial charge in [-0.05, 0) is 38.0 Å². The van der Waals surface area contributed by atoms with Gasteiger partial charge in [0.25, 0.3) is 0 Å². The van der Waals surface area contributed by atoms with E-state index in [1.165, 1.54) is 25.7 Å². The summed E-state index contributed by atoms with van der Waals surface area (Å²) in [5.41, 5.74) is 0. The zero-order chi connectivity index (χ0) is 10.3. The summed E-state index contributed by atoms with van der Waals surface area (Å²) in [6.07, 6.45) is 7.17. The predicted molar refractivity (Wildman–Crippen MR) is 55.7 cm³/mol. The van der Waals surface area contributed by atoms with Crippen molar-refractivity contribution in [1.29, 1.82) is 0 Å². The Kier molecular flexibility index (Phi) is 2.15. The van der Waals surface area contributed by atoms with Crippen molar-refractivity contribution in [3.63, 3.8) is 0 Å². The zero-order valence-electron chi connectivity index (χ0n) is 9.09. The smallest absolute Gasteiger partial charge is 0.232 e. The van der Waals surface area contributed by atoms with Crippen molar-refractivity contribution in [3.05, 3.63) is 6.20 Å². The van der Waals surface area contributed by atoms with Crippen LogP contribution in [0, 0.1) is 11.8 Å². The molecule has 0 aromatic carbocycles. The van der Waals surface area contributed by atoms with Crippen LogP contribution in [0.2, 0.25) is 0 Å². The average molecular weight is 207 g/mol. The van der Waals surface area contributed by atoms with Crippen molar-refractivity contribution in [2.75, 3.05) is 6.61 Å². The second kappa shape index (κ2) is 3.51. The first kappa shape index (κ1) is 9.19. The van der Waals surface area contributed by atoms with Crippen LogP contribution in [-0.2, 0) is 0 Å². The van der Waals surface area contributed by atoms with Crippen LogP contribution in [0.15, 0.2) is 6.20 Å². The largest absolute Gasteiger partial charge is 0.477 e. The van der Waals surface area contributed by atoms with Crippen molar-refractivity contribution in [2.45, 2.75) is 38.6 Å². The average Bonchev–Trinajstić information content (AvgIpc) is 2.91. The number of rotatable bonds is 3. The fraction of sp³-hybridized carbons (Fsp3) is 0.818. The standard InChI is InChI=1S/C11H17N3O/c1-2-15-11-7-12-13-14(11)10-6-8-3-4-9(10)5-8/h7-10H,2-6H2,1H3/t8-,9+,10+/m0/s1. The van der Waals surface area contributed by atoms with Gasteiger partial charge in [-0.1, -0.05) is 11.6 Å². The summed E-state index contributed by atoms with van der Waals surface area (Å²) in [5, 5.41) is 8.13. The monoisotopic (exact) mass is 207 g/mol. The van der Waals surface area contributed by atoms with E-state index in [9.17, 15) is 0 Å². The van der Waals surface area contributed by atoms with Gasteiger partial charge in [0.2, 0.25) is 5.88 Å². The lowest BCUT2D eigenvalue weighted by Crippen LogP contribution is -2.18. The summed E-state index contributed by atoms with van der Waals surface area (Å²) in [6, 6.07) is 0.549. The zero-order valence-corrected chi connectivity index (χ0v) is 9.09. The molecule has 1 aromatic heterocycles. The van der Waals surface area contributed by atoms with Gasteiger partial charge in [0.05, 0.1) is 12.6 Å². The molecule has 2 bridgehead atoms. The number of aromatic nitrogens is 3. The highest BCUT2D eigenvalue weighted by molar-refractivity contribution is 5.06. The minimum Gasteiger partial charge on any atom is -0.477 e. The van der Waals surface area contributed by atoms with Gasteiger partial charge in [-0.2, -0.15) is 0 Å². The van der Waals surface area contributed by atoms with Crippen molar-refractivity contribution in [2.24, 2.45) is 11.8 Å². The molecule has 0 radical (unpaired) electrons. The van der Waals surface area contributed by atoms with Gasteiger partial charge >= 0.3 is 0 Å². The highest BCUT2D eigenvalue weighted by Gasteiger charge is 2.41. The van der Waals surface area contributed by atoms with E-state index in [1.54, 1.807) is 6.20 Å². The van der Waals surface area contributed by atoms with Gasteiger partial charge in [-0.15, -0.1) is 5.10 Å². The molecule has 3 rings (SSSR count). The lowest BCUT2D eigenvalue weighted by Gasteiger charge is -2.22. The number of hydrogen-bond acceptors (Lipinski definition) is 3. The van der Waals surface area contributed by atoms with E-state index in [0.717, 1.165) is 17.7 Å². The second-order valence-corrected chi connectivity index (χ2v) is 4.69. The maximum atomic E-state index is 5.54. The Morgan fingerprint density at radius 2 is 2.40 bits per heavy atom. The summed E-state index contributed by atoms with van der Waals surface area (Å²) in [4.78, 5) is 0. The molecular formula is C11H17N3O. The Bertz CT molecular complexity index is 349. The third-order valence-electron chi connectivity index (χ3n) is 3.85. The summed E-state index contributed by atoms with van der Waals surface area (Å²) in [7, 11) is 0. The summed E-state index contributed by atoms with van der Waals surface area (Å²) >= 11 is 0. The van der Waals surface area contributed by atoms with E-state index < -0.39 is 0 Å². The normalized spacial score (nSPS) is 33.5. The van der Waals surface area contributed by atoms with E-state index in [-0.39, 0.29) is 0 Å². The number of nitrogens with zero attached hydrogens (tertiary/aromatic N) is 3. The van der Waals surface area contributed by atoms with Gasteiger partial charge in [0, 0.05) is 0 Å². The Labute approximate surface area is 89.6 Å². The molecule has 15 heavy (non-hydrogen) atoms. The Hall–Kier alpha value is -1.06. The first-order valence-corrected chi connectivity index (χ1v) is 5.91. The fourth-order valence-corrected chi connectivity index (χ4v) is 3.23. The summed E-state index contributed by atoms with van der Waals surface area (Å²) in [6.45, 7) is 2.69. The number of hydrogen-bond donors (Lipinski definition) is 0. The molecular weight excluding hydrogens is 190 g/mol. The lowest BCUT2D eigenvalue weighted by molar-refractivity contribution is 0.243. The lowest BCUT2D eigenvalue weighted by atomic mass is 9.95. The molecule has 0 unspecified atom stereocenters. The van der Waals surface area contributed by atoms with Crippen LogP contribution in [0.4, 0.5) is 0 Å². The van der Waals surface area contributed by atoms with Crippen LogP contribution in [0.25, 0.3) is 0 Å². The molecule has 2 aliphatic carbocycles. The van der Waals surface area contributed by atoms with Crippen LogP contribution in [0.3, 0.4) is 0 Å². The van der Waals surface area contributed by atoms with Gasteiger partial charge in [0.1, 0.15) is 6.20 Å². The molecule has 4 heteroatoms. The van der Waals surface area contributed by atoms with Crippen LogP contribution >= 0.6 is 0 Å². The van der Waals surface area contributed by atoms with E-state index >= 15 is 0 Å². The topological polar surface area (TPSA) is 39.9 Å². The molecule has 0 N–H and O–H groups in total. The molecule has 1 aromatic rings. The van der Waals surface area contributed by atoms with E-state index in [1.807, 2.05) is 11.6 Å².